The molecule has 1 heterocycles. The van der Waals surface area contributed by atoms with Crippen LogP contribution in [-0.4, -0.2) is 24.7 Å². The number of aryl methyl sites for hydroxylation is 2. The summed E-state index contributed by atoms with van der Waals surface area (Å²) in [5.74, 6) is 0. The number of nitrogens with one attached hydrogen (secondary N) is 1. The van der Waals surface area contributed by atoms with Gasteiger partial charge in [-0.3, -0.25) is 0 Å². The van der Waals surface area contributed by atoms with Gasteiger partial charge in [0.2, 0.25) is 0 Å². The van der Waals surface area contributed by atoms with E-state index < -0.39 is 0 Å². The predicted molar refractivity (Wildman–Crippen MR) is 78.4 cm³/mol. The van der Waals surface area contributed by atoms with Gasteiger partial charge in [-0.15, -0.1) is 11.3 Å². The number of aromatic nitrogens is 1. The Labute approximate surface area is 115 Å². The number of nitrogens with zero attached hydrogens (tertiary/aromatic N) is 1. The molecular weight excluding hydrogens is 244 g/mol. The largest absolute Gasteiger partial charge is 0.379 e. The van der Waals surface area contributed by atoms with Crippen LogP contribution in [0.15, 0.2) is 0 Å². The second-order valence-corrected chi connectivity index (χ2v) is 5.97. The highest BCUT2D eigenvalue weighted by atomic mass is 32.1. The molecule has 1 atom stereocenters. The predicted octanol–water partition coefficient (Wildman–Crippen LogP) is 3.27. The maximum absolute atomic E-state index is 5.64. The van der Waals surface area contributed by atoms with E-state index in [0.29, 0.717) is 6.61 Å². The summed E-state index contributed by atoms with van der Waals surface area (Å²) in [6.45, 7) is 13.1. The smallest absolute Gasteiger partial charge is 0.115 e. The Bertz CT molecular complexity index is 355. The van der Waals surface area contributed by atoms with E-state index >= 15 is 0 Å². The number of thiazole rings is 1. The standard InChI is InChI=1S/C14H26N2OS/c1-6-9-15-14(5,10-17-8-3)13-16-12(7-2)11(4)18-13/h15H,6-10H2,1-5H3. The summed E-state index contributed by atoms with van der Waals surface area (Å²) in [6.07, 6.45) is 2.12. The Balaban J connectivity index is 2.92. The van der Waals surface area contributed by atoms with Crippen LogP contribution in [0, 0.1) is 6.92 Å². The monoisotopic (exact) mass is 270 g/mol. The van der Waals surface area contributed by atoms with E-state index in [4.69, 9.17) is 9.72 Å². The summed E-state index contributed by atoms with van der Waals surface area (Å²) in [4.78, 5) is 6.11. The third-order valence-corrected chi connectivity index (χ3v) is 4.34. The average Bonchev–Trinajstić information content (AvgIpc) is 2.76. The quantitative estimate of drug-likeness (QED) is 0.787. The van der Waals surface area contributed by atoms with Crippen molar-refractivity contribution in [3.8, 4) is 0 Å². The molecule has 1 aromatic heterocycles. The lowest BCUT2D eigenvalue weighted by Crippen LogP contribution is -2.44. The van der Waals surface area contributed by atoms with Crippen molar-refractivity contribution in [1.82, 2.24) is 10.3 Å². The minimum atomic E-state index is -0.158. The van der Waals surface area contributed by atoms with Crippen LogP contribution in [0.3, 0.4) is 0 Å². The first-order chi connectivity index (χ1) is 8.57. The molecule has 0 aliphatic heterocycles. The minimum Gasteiger partial charge on any atom is -0.379 e. The molecule has 1 unspecified atom stereocenters. The molecule has 104 valence electrons. The van der Waals surface area contributed by atoms with Crippen LogP contribution in [0.2, 0.25) is 0 Å². The summed E-state index contributed by atoms with van der Waals surface area (Å²) >= 11 is 1.79. The molecule has 0 saturated heterocycles. The summed E-state index contributed by atoms with van der Waals surface area (Å²) < 4.78 is 5.64. The van der Waals surface area contributed by atoms with Crippen molar-refractivity contribution in [3.05, 3.63) is 15.6 Å². The molecule has 1 aromatic rings. The van der Waals surface area contributed by atoms with E-state index in [1.807, 2.05) is 6.92 Å². The normalized spacial score (nSPS) is 14.7. The molecule has 0 aromatic carbocycles. The molecule has 3 nitrogen and oxygen atoms in total. The Morgan fingerprint density at radius 2 is 2.06 bits per heavy atom. The van der Waals surface area contributed by atoms with E-state index in [2.05, 4.69) is 33.0 Å². The summed E-state index contributed by atoms with van der Waals surface area (Å²) in [7, 11) is 0. The lowest BCUT2D eigenvalue weighted by molar-refractivity contribution is 0.0831. The van der Waals surface area contributed by atoms with Gasteiger partial charge >= 0.3 is 0 Å². The van der Waals surface area contributed by atoms with Crippen LogP contribution in [0.25, 0.3) is 0 Å². The molecule has 0 spiro atoms. The first-order valence-corrected chi connectivity index (χ1v) is 7.68. The maximum Gasteiger partial charge on any atom is 0.115 e. The molecule has 18 heavy (non-hydrogen) atoms. The summed E-state index contributed by atoms with van der Waals surface area (Å²) in [5.41, 5.74) is 1.06. The molecule has 0 radical (unpaired) electrons. The maximum atomic E-state index is 5.64. The zero-order chi connectivity index (χ0) is 13.6. The first-order valence-electron chi connectivity index (χ1n) is 6.86. The Morgan fingerprint density at radius 1 is 1.33 bits per heavy atom. The van der Waals surface area contributed by atoms with Crippen LogP contribution in [-0.2, 0) is 16.7 Å². The van der Waals surface area contributed by atoms with Gasteiger partial charge in [0.15, 0.2) is 0 Å². The van der Waals surface area contributed by atoms with Crippen molar-refractivity contribution < 1.29 is 4.74 Å². The lowest BCUT2D eigenvalue weighted by Gasteiger charge is -2.28. The van der Waals surface area contributed by atoms with Crippen molar-refractivity contribution in [1.29, 1.82) is 0 Å². The van der Waals surface area contributed by atoms with E-state index in [1.165, 1.54) is 10.6 Å². The van der Waals surface area contributed by atoms with Gasteiger partial charge in [-0.1, -0.05) is 13.8 Å². The van der Waals surface area contributed by atoms with Gasteiger partial charge in [0, 0.05) is 11.5 Å². The summed E-state index contributed by atoms with van der Waals surface area (Å²) in [5, 5.41) is 4.74. The Kier molecular flexibility index (Phi) is 6.26. The summed E-state index contributed by atoms with van der Waals surface area (Å²) in [6, 6.07) is 0. The van der Waals surface area contributed by atoms with E-state index in [9.17, 15) is 0 Å². The third kappa shape index (κ3) is 3.77. The molecule has 0 saturated carbocycles. The zero-order valence-electron chi connectivity index (χ0n) is 12.3. The van der Waals surface area contributed by atoms with E-state index in [0.717, 1.165) is 31.0 Å². The fourth-order valence-electron chi connectivity index (χ4n) is 1.89. The molecular formula is C14H26N2OS. The van der Waals surface area contributed by atoms with Crippen molar-refractivity contribution in [2.45, 2.75) is 53.0 Å². The van der Waals surface area contributed by atoms with Crippen molar-refractivity contribution in [3.63, 3.8) is 0 Å². The highest BCUT2D eigenvalue weighted by molar-refractivity contribution is 7.11. The number of ether oxygens (including phenoxy) is 1. The highest BCUT2D eigenvalue weighted by Crippen LogP contribution is 2.28. The molecule has 0 bridgehead atoms. The van der Waals surface area contributed by atoms with Gasteiger partial charge in [-0.2, -0.15) is 0 Å². The van der Waals surface area contributed by atoms with E-state index in [1.54, 1.807) is 11.3 Å². The van der Waals surface area contributed by atoms with Gasteiger partial charge in [0.25, 0.3) is 0 Å². The van der Waals surface area contributed by atoms with Crippen molar-refractivity contribution in [2.75, 3.05) is 19.8 Å². The van der Waals surface area contributed by atoms with Crippen LogP contribution in [0.4, 0.5) is 0 Å². The van der Waals surface area contributed by atoms with Crippen molar-refractivity contribution >= 4 is 11.3 Å². The highest BCUT2D eigenvalue weighted by Gasteiger charge is 2.30. The SMILES string of the molecule is CCCNC(C)(COCC)c1nc(CC)c(C)s1. The fraction of sp³-hybridized carbons (Fsp3) is 0.786. The van der Waals surface area contributed by atoms with Gasteiger partial charge < -0.3 is 10.1 Å². The number of hydrogen-bond donors (Lipinski definition) is 1. The van der Waals surface area contributed by atoms with Crippen LogP contribution >= 0.6 is 11.3 Å². The number of rotatable bonds is 8. The molecule has 1 rings (SSSR count). The third-order valence-electron chi connectivity index (χ3n) is 3.06. The topological polar surface area (TPSA) is 34.1 Å². The lowest BCUT2D eigenvalue weighted by atomic mass is 10.0. The average molecular weight is 270 g/mol. The van der Waals surface area contributed by atoms with Crippen LogP contribution in [0.1, 0.15) is 49.7 Å². The minimum absolute atomic E-state index is 0.158. The first kappa shape index (κ1) is 15.6. The second kappa shape index (κ2) is 7.22. The van der Waals surface area contributed by atoms with Gasteiger partial charge in [0.1, 0.15) is 5.01 Å². The zero-order valence-corrected chi connectivity index (χ0v) is 13.1. The fourth-order valence-corrected chi connectivity index (χ4v) is 3.00. The Morgan fingerprint density at radius 3 is 2.56 bits per heavy atom. The van der Waals surface area contributed by atoms with Gasteiger partial charge in [0.05, 0.1) is 17.8 Å². The molecule has 4 heteroatoms. The molecule has 0 aliphatic carbocycles. The van der Waals surface area contributed by atoms with Gasteiger partial charge in [-0.05, 0) is 40.2 Å². The van der Waals surface area contributed by atoms with Crippen LogP contribution < -0.4 is 5.32 Å². The molecule has 1 N–H and O–H groups in total. The molecule has 0 amide bonds. The Hall–Kier alpha value is -0.450. The molecule has 0 aliphatic rings. The van der Waals surface area contributed by atoms with Crippen molar-refractivity contribution in [2.24, 2.45) is 0 Å². The number of hydrogen-bond acceptors (Lipinski definition) is 4. The van der Waals surface area contributed by atoms with E-state index in [-0.39, 0.29) is 5.54 Å². The van der Waals surface area contributed by atoms with Gasteiger partial charge in [-0.25, -0.2) is 4.98 Å². The second-order valence-electron chi connectivity index (χ2n) is 4.77. The molecule has 0 fully saturated rings. The van der Waals surface area contributed by atoms with Crippen LogP contribution in [0.5, 0.6) is 0 Å².